The van der Waals surface area contributed by atoms with Gasteiger partial charge in [-0.05, 0) is 87.9 Å². The van der Waals surface area contributed by atoms with Gasteiger partial charge in [-0.1, -0.05) is 35.9 Å². The van der Waals surface area contributed by atoms with E-state index in [0.29, 0.717) is 5.92 Å². The molecular weight excluding hydrogens is 380 g/mol. The molecule has 0 amide bonds. The topological polar surface area (TPSA) is 42.3 Å². The van der Waals surface area contributed by atoms with Gasteiger partial charge in [0.25, 0.3) is 0 Å². The molecule has 0 aliphatic carbocycles. The number of likely N-dealkylation sites (tertiary alicyclic amines) is 1. The maximum absolute atomic E-state index is 9.59. The molecule has 29 heavy (non-hydrogen) atoms. The van der Waals surface area contributed by atoms with Crippen LogP contribution < -0.4 is 5.32 Å². The van der Waals surface area contributed by atoms with E-state index in [1.54, 1.807) is 0 Å². The summed E-state index contributed by atoms with van der Waals surface area (Å²) in [5.41, 5.74) is 4.54. The van der Waals surface area contributed by atoms with Crippen molar-refractivity contribution < 1.29 is 0 Å². The molecule has 1 unspecified atom stereocenters. The van der Waals surface area contributed by atoms with E-state index in [-0.39, 0.29) is 6.04 Å². The number of nitrogens with one attached hydrogen (secondary N) is 1. The average molecular weight is 411 g/mol. The SMILES string of the molecule is CNC(CN(C)C)c1ccc(C#N)c(CN2CCC(c3ccc(Cl)cc3)CC2)c1. The number of nitrogens with zero attached hydrogens (tertiary/aromatic N) is 3. The van der Waals surface area contributed by atoms with Crippen molar-refractivity contribution in [1.29, 1.82) is 5.26 Å². The Morgan fingerprint density at radius 2 is 1.86 bits per heavy atom. The van der Waals surface area contributed by atoms with Gasteiger partial charge >= 0.3 is 0 Å². The van der Waals surface area contributed by atoms with Crippen molar-refractivity contribution in [2.24, 2.45) is 0 Å². The van der Waals surface area contributed by atoms with Gasteiger partial charge in [-0.2, -0.15) is 5.26 Å². The summed E-state index contributed by atoms with van der Waals surface area (Å²) in [6.45, 7) is 3.86. The highest BCUT2D eigenvalue weighted by atomic mass is 35.5. The molecule has 2 aromatic rings. The van der Waals surface area contributed by atoms with E-state index in [4.69, 9.17) is 11.6 Å². The van der Waals surface area contributed by atoms with Crippen LogP contribution in [0.2, 0.25) is 5.02 Å². The molecule has 1 aliphatic rings. The Hall–Kier alpha value is -1.90. The lowest BCUT2D eigenvalue weighted by Crippen LogP contribution is -2.33. The molecule has 4 nitrogen and oxygen atoms in total. The van der Waals surface area contributed by atoms with Crippen LogP contribution in [0, 0.1) is 11.3 Å². The second-order valence-corrected chi connectivity index (χ2v) is 8.67. The van der Waals surface area contributed by atoms with Gasteiger partial charge in [-0.3, -0.25) is 4.90 Å². The van der Waals surface area contributed by atoms with Gasteiger partial charge in [-0.15, -0.1) is 0 Å². The molecular formula is C24H31ClN4. The first-order chi connectivity index (χ1) is 14.0. The Balaban J connectivity index is 1.67. The lowest BCUT2D eigenvalue weighted by molar-refractivity contribution is 0.204. The minimum absolute atomic E-state index is 0.257. The predicted molar refractivity (Wildman–Crippen MR) is 120 cm³/mol. The number of halogens is 1. The van der Waals surface area contributed by atoms with Crippen LogP contribution in [0.5, 0.6) is 0 Å². The minimum atomic E-state index is 0.257. The fourth-order valence-corrected chi connectivity index (χ4v) is 4.33. The fraction of sp³-hybridized carbons (Fsp3) is 0.458. The molecule has 0 saturated carbocycles. The summed E-state index contributed by atoms with van der Waals surface area (Å²) in [7, 11) is 6.16. The Labute approximate surface area is 180 Å². The van der Waals surface area contributed by atoms with Crippen LogP contribution in [0.1, 0.15) is 47.1 Å². The summed E-state index contributed by atoms with van der Waals surface area (Å²) in [4.78, 5) is 4.66. The molecule has 1 N–H and O–H groups in total. The van der Waals surface area contributed by atoms with E-state index in [1.165, 1.54) is 11.1 Å². The molecule has 1 heterocycles. The second-order valence-electron chi connectivity index (χ2n) is 8.23. The zero-order valence-electron chi connectivity index (χ0n) is 17.7. The van der Waals surface area contributed by atoms with Gasteiger partial charge in [-0.25, -0.2) is 0 Å². The summed E-state index contributed by atoms with van der Waals surface area (Å²) in [6.07, 6.45) is 2.28. The molecule has 3 rings (SSSR count). The van der Waals surface area contributed by atoms with Crippen LogP contribution in [0.3, 0.4) is 0 Å². The largest absolute Gasteiger partial charge is 0.312 e. The lowest BCUT2D eigenvalue weighted by atomic mass is 9.89. The first-order valence-corrected chi connectivity index (χ1v) is 10.7. The summed E-state index contributed by atoms with van der Waals surface area (Å²) in [5, 5.41) is 13.8. The molecule has 0 spiro atoms. The van der Waals surface area contributed by atoms with Crippen molar-refractivity contribution in [2.45, 2.75) is 31.3 Å². The highest BCUT2D eigenvalue weighted by molar-refractivity contribution is 6.30. The normalized spacial score (nSPS) is 16.7. The summed E-state index contributed by atoms with van der Waals surface area (Å²) in [6, 6.07) is 17.2. The van der Waals surface area contributed by atoms with Crippen LogP contribution >= 0.6 is 11.6 Å². The van der Waals surface area contributed by atoms with E-state index >= 15 is 0 Å². The number of hydrogen-bond donors (Lipinski definition) is 1. The van der Waals surface area contributed by atoms with E-state index in [2.05, 4.69) is 59.5 Å². The summed E-state index contributed by atoms with van der Waals surface area (Å²) < 4.78 is 0. The Bertz CT molecular complexity index is 833. The number of hydrogen-bond acceptors (Lipinski definition) is 4. The standard InChI is InChI=1S/C24H31ClN4/c1-27-24(17-28(2)3)20-4-5-21(15-26)22(14-20)16-29-12-10-19(11-13-29)18-6-8-23(25)9-7-18/h4-9,14,19,24,27H,10-13,16-17H2,1-3H3. The molecule has 1 aliphatic heterocycles. The first kappa shape index (κ1) is 21.8. The monoisotopic (exact) mass is 410 g/mol. The molecule has 1 atom stereocenters. The highest BCUT2D eigenvalue weighted by Crippen LogP contribution is 2.30. The maximum Gasteiger partial charge on any atom is 0.0995 e. The Kier molecular flexibility index (Phi) is 7.69. The third-order valence-corrected chi connectivity index (χ3v) is 6.12. The molecule has 1 fully saturated rings. The van der Waals surface area contributed by atoms with Crippen molar-refractivity contribution in [1.82, 2.24) is 15.1 Å². The zero-order chi connectivity index (χ0) is 20.8. The summed E-state index contributed by atoms with van der Waals surface area (Å²) >= 11 is 6.02. The highest BCUT2D eigenvalue weighted by Gasteiger charge is 2.22. The van der Waals surface area contributed by atoms with E-state index in [1.807, 2.05) is 25.2 Å². The molecule has 154 valence electrons. The van der Waals surface area contributed by atoms with Crippen LogP contribution in [0.4, 0.5) is 0 Å². The van der Waals surface area contributed by atoms with Crippen LogP contribution in [0.15, 0.2) is 42.5 Å². The second kappa shape index (κ2) is 10.2. The Morgan fingerprint density at radius 1 is 1.17 bits per heavy atom. The number of likely N-dealkylation sites (N-methyl/N-ethyl adjacent to an activating group) is 2. The predicted octanol–water partition coefficient (Wildman–Crippen LogP) is 4.41. The Morgan fingerprint density at radius 3 is 2.45 bits per heavy atom. The number of nitriles is 1. The van der Waals surface area contributed by atoms with E-state index in [0.717, 1.165) is 55.2 Å². The van der Waals surface area contributed by atoms with Crippen molar-refractivity contribution >= 4 is 11.6 Å². The zero-order valence-corrected chi connectivity index (χ0v) is 18.4. The van der Waals surface area contributed by atoms with E-state index < -0.39 is 0 Å². The quantitative estimate of drug-likeness (QED) is 0.733. The van der Waals surface area contributed by atoms with Crippen molar-refractivity contribution in [2.75, 3.05) is 40.8 Å². The van der Waals surface area contributed by atoms with Crippen LogP contribution in [0.25, 0.3) is 0 Å². The molecule has 2 aromatic carbocycles. The first-order valence-electron chi connectivity index (χ1n) is 10.3. The van der Waals surface area contributed by atoms with Crippen LogP contribution in [-0.2, 0) is 6.54 Å². The van der Waals surface area contributed by atoms with Gasteiger partial charge in [0.15, 0.2) is 0 Å². The smallest absolute Gasteiger partial charge is 0.0995 e. The molecule has 5 heteroatoms. The third-order valence-electron chi connectivity index (χ3n) is 5.87. The number of benzene rings is 2. The fourth-order valence-electron chi connectivity index (χ4n) is 4.20. The molecule has 1 saturated heterocycles. The third kappa shape index (κ3) is 5.81. The number of rotatable bonds is 7. The number of piperidine rings is 1. The average Bonchev–Trinajstić information content (AvgIpc) is 2.73. The molecule has 0 radical (unpaired) electrons. The molecule has 0 aromatic heterocycles. The minimum Gasteiger partial charge on any atom is -0.312 e. The van der Waals surface area contributed by atoms with Crippen molar-refractivity contribution in [3.63, 3.8) is 0 Å². The van der Waals surface area contributed by atoms with Crippen molar-refractivity contribution in [3.8, 4) is 6.07 Å². The van der Waals surface area contributed by atoms with Gasteiger partial charge in [0, 0.05) is 24.2 Å². The molecule has 0 bridgehead atoms. The van der Waals surface area contributed by atoms with Gasteiger partial charge in [0.2, 0.25) is 0 Å². The van der Waals surface area contributed by atoms with Gasteiger partial charge < -0.3 is 10.2 Å². The van der Waals surface area contributed by atoms with Crippen molar-refractivity contribution in [3.05, 3.63) is 69.7 Å². The van der Waals surface area contributed by atoms with Gasteiger partial charge in [0.05, 0.1) is 11.6 Å². The van der Waals surface area contributed by atoms with Gasteiger partial charge in [0.1, 0.15) is 0 Å². The lowest BCUT2D eigenvalue weighted by Gasteiger charge is -2.32. The van der Waals surface area contributed by atoms with E-state index in [9.17, 15) is 5.26 Å². The van der Waals surface area contributed by atoms with Crippen LogP contribution in [-0.4, -0.2) is 50.6 Å². The summed E-state index contributed by atoms with van der Waals surface area (Å²) in [5.74, 6) is 0.596. The maximum atomic E-state index is 9.59.